The number of pyridine rings is 1. The Morgan fingerprint density at radius 3 is 2.64 bits per heavy atom. The summed E-state index contributed by atoms with van der Waals surface area (Å²) in [4.78, 5) is 9.56. The average molecular weight is 335 g/mol. The molecule has 3 atom stereocenters. The first kappa shape index (κ1) is 15.5. The lowest BCUT2D eigenvalue weighted by atomic mass is 9.93. The van der Waals surface area contributed by atoms with E-state index in [1.54, 1.807) is 11.1 Å². The summed E-state index contributed by atoms with van der Waals surface area (Å²) >= 11 is 0. The van der Waals surface area contributed by atoms with E-state index in [0.717, 1.165) is 39.4 Å². The number of ether oxygens (including phenoxy) is 1. The molecule has 3 heterocycles. The third-order valence-corrected chi connectivity index (χ3v) is 6.13. The van der Waals surface area contributed by atoms with Gasteiger partial charge in [-0.3, -0.25) is 14.8 Å². The molecule has 0 N–H and O–H groups in total. The van der Waals surface area contributed by atoms with E-state index in [9.17, 15) is 0 Å². The van der Waals surface area contributed by atoms with Gasteiger partial charge < -0.3 is 4.74 Å². The molecule has 0 bridgehead atoms. The van der Waals surface area contributed by atoms with Crippen molar-refractivity contribution in [3.8, 4) is 0 Å². The van der Waals surface area contributed by atoms with E-state index >= 15 is 0 Å². The molecule has 2 aliphatic heterocycles. The SMILES string of the molecule is c1cncc(CN2C[C@H]3[C@@H](C2)c2ccccc2[C@@H]3N2CCOCC2)c1. The lowest BCUT2D eigenvalue weighted by Gasteiger charge is -2.36. The molecule has 2 fully saturated rings. The van der Waals surface area contributed by atoms with Crippen LogP contribution in [0.2, 0.25) is 0 Å². The van der Waals surface area contributed by atoms with Crippen LogP contribution in [0.3, 0.4) is 0 Å². The van der Waals surface area contributed by atoms with Crippen molar-refractivity contribution < 1.29 is 4.74 Å². The number of nitrogens with zero attached hydrogens (tertiary/aromatic N) is 3. The summed E-state index contributed by atoms with van der Waals surface area (Å²) < 4.78 is 5.60. The second-order valence-electron chi connectivity index (χ2n) is 7.55. The summed E-state index contributed by atoms with van der Waals surface area (Å²) in [5, 5.41) is 0. The molecule has 25 heavy (non-hydrogen) atoms. The van der Waals surface area contributed by atoms with E-state index in [1.165, 1.54) is 12.1 Å². The first-order valence-corrected chi connectivity index (χ1v) is 9.42. The van der Waals surface area contributed by atoms with Crippen LogP contribution in [-0.2, 0) is 11.3 Å². The average Bonchev–Trinajstić information content (AvgIpc) is 3.19. The van der Waals surface area contributed by atoms with Gasteiger partial charge in [-0.15, -0.1) is 0 Å². The van der Waals surface area contributed by atoms with Gasteiger partial charge in [-0.2, -0.15) is 0 Å². The van der Waals surface area contributed by atoms with Gasteiger partial charge >= 0.3 is 0 Å². The molecule has 1 aromatic heterocycles. The highest BCUT2D eigenvalue weighted by atomic mass is 16.5. The van der Waals surface area contributed by atoms with E-state index < -0.39 is 0 Å². The van der Waals surface area contributed by atoms with Gasteiger partial charge in [0.2, 0.25) is 0 Å². The minimum Gasteiger partial charge on any atom is -0.379 e. The van der Waals surface area contributed by atoms with E-state index in [1.807, 2.05) is 18.5 Å². The van der Waals surface area contributed by atoms with Crippen LogP contribution in [-0.4, -0.2) is 54.2 Å². The highest BCUT2D eigenvalue weighted by molar-refractivity contribution is 5.41. The first-order chi connectivity index (χ1) is 12.4. The summed E-state index contributed by atoms with van der Waals surface area (Å²) in [5.74, 6) is 1.37. The van der Waals surface area contributed by atoms with Gasteiger partial charge in [0.05, 0.1) is 13.2 Å². The molecule has 1 aromatic carbocycles. The monoisotopic (exact) mass is 335 g/mol. The lowest BCUT2D eigenvalue weighted by Crippen LogP contribution is -2.41. The number of fused-ring (bicyclic) bond motifs is 3. The molecule has 4 heteroatoms. The molecular formula is C21H25N3O. The molecule has 5 rings (SSSR count). The normalized spacial score (nSPS) is 29.5. The lowest BCUT2D eigenvalue weighted by molar-refractivity contribution is 0.00470. The molecule has 0 amide bonds. The van der Waals surface area contributed by atoms with Crippen molar-refractivity contribution in [1.29, 1.82) is 0 Å². The van der Waals surface area contributed by atoms with Gasteiger partial charge in [-0.25, -0.2) is 0 Å². The summed E-state index contributed by atoms with van der Waals surface area (Å²) in [6.07, 6.45) is 3.86. The second-order valence-corrected chi connectivity index (χ2v) is 7.55. The summed E-state index contributed by atoms with van der Waals surface area (Å²) in [6.45, 7) is 7.22. The zero-order valence-corrected chi connectivity index (χ0v) is 14.6. The first-order valence-electron chi connectivity index (χ1n) is 9.42. The van der Waals surface area contributed by atoms with Crippen LogP contribution in [0, 0.1) is 5.92 Å². The van der Waals surface area contributed by atoms with Gasteiger partial charge in [-0.1, -0.05) is 30.3 Å². The van der Waals surface area contributed by atoms with Crippen LogP contribution in [0.15, 0.2) is 48.8 Å². The predicted octanol–water partition coefficient (Wildman–Crippen LogP) is 2.68. The van der Waals surface area contributed by atoms with Crippen molar-refractivity contribution in [3.05, 3.63) is 65.5 Å². The molecule has 1 aliphatic carbocycles. The zero-order chi connectivity index (χ0) is 16.6. The number of likely N-dealkylation sites (tertiary alicyclic amines) is 1. The van der Waals surface area contributed by atoms with Crippen molar-refractivity contribution >= 4 is 0 Å². The molecule has 2 aromatic rings. The molecule has 0 radical (unpaired) electrons. The summed E-state index contributed by atoms with van der Waals surface area (Å²) in [6, 6.07) is 13.9. The number of aromatic nitrogens is 1. The predicted molar refractivity (Wildman–Crippen MR) is 97.3 cm³/mol. The fourth-order valence-electron chi connectivity index (χ4n) is 5.11. The zero-order valence-electron chi connectivity index (χ0n) is 14.6. The van der Waals surface area contributed by atoms with Crippen LogP contribution in [0.25, 0.3) is 0 Å². The van der Waals surface area contributed by atoms with Gasteiger partial charge in [-0.05, 0) is 28.7 Å². The van der Waals surface area contributed by atoms with Crippen LogP contribution in [0.5, 0.6) is 0 Å². The molecular weight excluding hydrogens is 310 g/mol. The maximum atomic E-state index is 5.60. The number of benzene rings is 1. The minimum atomic E-state index is 0.559. The fraction of sp³-hybridized carbons (Fsp3) is 0.476. The molecule has 4 nitrogen and oxygen atoms in total. The molecule has 0 saturated carbocycles. The molecule has 0 spiro atoms. The Morgan fingerprint density at radius 1 is 1.00 bits per heavy atom. The maximum absolute atomic E-state index is 5.60. The van der Waals surface area contributed by atoms with Crippen molar-refractivity contribution in [2.24, 2.45) is 5.92 Å². The standard InChI is InChI=1S/C21H25N3O/c1-2-6-18-17(5-1)19-14-23(13-16-4-3-7-22-12-16)15-20(19)21(18)24-8-10-25-11-9-24/h1-7,12,19-21H,8-11,13-15H2/t19-,20-,21-/m0/s1. The Hall–Kier alpha value is -1.75. The third-order valence-electron chi connectivity index (χ3n) is 6.13. The van der Waals surface area contributed by atoms with E-state index in [4.69, 9.17) is 4.74 Å². The topological polar surface area (TPSA) is 28.6 Å². The highest BCUT2D eigenvalue weighted by Crippen LogP contribution is 2.51. The van der Waals surface area contributed by atoms with Crippen molar-refractivity contribution in [3.63, 3.8) is 0 Å². The smallest absolute Gasteiger partial charge is 0.0594 e. The Labute approximate surface area is 149 Å². The van der Waals surface area contributed by atoms with Crippen LogP contribution in [0.4, 0.5) is 0 Å². The Kier molecular flexibility index (Phi) is 4.04. The van der Waals surface area contributed by atoms with E-state index in [0.29, 0.717) is 17.9 Å². The van der Waals surface area contributed by atoms with Crippen LogP contribution >= 0.6 is 0 Å². The Bertz CT molecular complexity index is 729. The largest absolute Gasteiger partial charge is 0.379 e. The van der Waals surface area contributed by atoms with Crippen LogP contribution in [0.1, 0.15) is 28.7 Å². The number of morpholine rings is 1. The quantitative estimate of drug-likeness (QED) is 0.862. The highest BCUT2D eigenvalue weighted by Gasteiger charge is 2.48. The number of hydrogen-bond donors (Lipinski definition) is 0. The molecule has 130 valence electrons. The van der Waals surface area contributed by atoms with Gasteiger partial charge in [0.15, 0.2) is 0 Å². The third kappa shape index (κ3) is 2.78. The van der Waals surface area contributed by atoms with Gasteiger partial charge in [0.1, 0.15) is 0 Å². The second kappa shape index (κ2) is 6.52. The Balaban J connectivity index is 1.41. The van der Waals surface area contributed by atoms with Crippen LogP contribution < -0.4 is 0 Å². The van der Waals surface area contributed by atoms with Crippen molar-refractivity contribution in [2.75, 3.05) is 39.4 Å². The summed E-state index contributed by atoms with van der Waals surface area (Å²) in [7, 11) is 0. The van der Waals surface area contributed by atoms with Gasteiger partial charge in [0.25, 0.3) is 0 Å². The summed E-state index contributed by atoms with van der Waals surface area (Å²) in [5.41, 5.74) is 4.47. The minimum absolute atomic E-state index is 0.559. The van der Waals surface area contributed by atoms with Crippen molar-refractivity contribution in [1.82, 2.24) is 14.8 Å². The maximum Gasteiger partial charge on any atom is 0.0594 e. The fourth-order valence-corrected chi connectivity index (χ4v) is 5.11. The Morgan fingerprint density at radius 2 is 1.84 bits per heavy atom. The van der Waals surface area contributed by atoms with Gasteiger partial charge in [0, 0.05) is 57.1 Å². The molecule has 0 unspecified atom stereocenters. The number of rotatable bonds is 3. The number of hydrogen-bond acceptors (Lipinski definition) is 4. The van der Waals surface area contributed by atoms with E-state index in [2.05, 4.69) is 45.1 Å². The van der Waals surface area contributed by atoms with Crippen molar-refractivity contribution in [2.45, 2.75) is 18.5 Å². The molecule has 3 aliphatic rings. The molecule has 2 saturated heterocycles. The van der Waals surface area contributed by atoms with E-state index in [-0.39, 0.29) is 0 Å².